The first-order chi connectivity index (χ1) is 10.4. The number of rotatable bonds is 4. The minimum absolute atomic E-state index is 0.111. The van der Waals surface area contributed by atoms with Crippen molar-refractivity contribution in [1.29, 1.82) is 0 Å². The van der Waals surface area contributed by atoms with E-state index in [1.165, 1.54) is 29.6 Å². The smallest absolute Gasteiger partial charge is 0.243 e. The SMILES string of the molecule is COc1ccc(S(=O)(=O)N2CCC(C(=O)NN)CC2)cc1Cl. The molecular weight excluding hydrogens is 330 g/mol. The maximum absolute atomic E-state index is 12.6. The Balaban J connectivity index is 2.15. The molecule has 0 aromatic heterocycles. The van der Waals surface area contributed by atoms with Crippen LogP contribution in [-0.2, 0) is 14.8 Å². The number of hydrazine groups is 1. The predicted molar refractivity (Wildman–Crippen MR) is 81.8 cm³/mol. The van der Waals surface area contributed by atoms with Crippen LogP contribution in [0.3, 0.4) is 0 Å². The number of hydrogen-bond acceptors (Lipinski definition) is 5. The number of methoxy groups -OCH3 is 1. The van der Waals surface area contributed by atoms with Crippen LogP contribution < -0.4 is 16.0 Å². The number of nitrogens with one attached hydrogen (secondary N) is 1. The third kappa shape index (κ3) is 3.35. The third-order valence-electron chi connectivity index (χ3n) is 3.73. The zero-order valence-corrected chi connectivity index (χ0v) is 13.7. The van der Waals surface area contributed by atoms with Gasteiger partial charge in [-0.1, -0.05) is 11.6 Å². The first-order valence-electron chi connectivity index (χ1n) is 6.74. The summed E-state index contributed by atoms with van der Waals surface area (Å²) in [6.07, 6.45) is 0.873. The van der Waals surface area contributed by atoms with Crippen molar-refractivity contribution < 1.29 is 17.9 Å². The highest BCUT2D eigenvalue weighted by Gasteiger charge is 2.32. The molecule has 1 aliphatic heterocycles. The molecule has 122 valence electrons. The van der Waals surface area contributed by atoms with Crippen molar-refractivity contribution in [2.24, 2.45) is 11.8 Å². The molecule has 1 aromatic rings. The van der Waals surface area contributed by atoms with Gasteiger partial charge >= 0.3 is 0 Å². The number of piperidine rings is 1. The van der Waals surface area contributed by atoms with E-state index in [1.54, 1.807) is 0 Å². The molecule has 0 saturated carbocycles. The van der Waals surface area contributed by atoms with E-state index in [-0.39, 0.29) is 34.8 Å². The number of benzene rings is 1. The number of hydrogen-bond donors (Lipinski definition) is 2. The van der Waals surface area contributed by atoms with Gasteiger partial charge in [0.05, 0.1) is 17.0 Å². The molecule has 2 rings (SSSR count). The number of amides is 1. The Hall–Kier alpha value is -1.35. The van der Waals surface area contributed by atoms with Gasteiger partial charge in [0.2, 0.25) is 15.9 Å². The Morgan fingerprint density at radius 2 is 2.05 bits per heavy atom. The molecule has 3 N–H and O–H groups in total. The minimum Gasteiger partial charge on any atom is -0.495 e. The van der Waals surface area contributed by atoms with Crippen LogP contribution in [0.4, 0.5) is 0 Å². The lowest BCUT2D eigenvalue weighted by molar-refractivity contribution is -0.126. The molecular formula is C13H18ClN3O4S. The van der Waals surface area contributed by atoms with Crippen molar-refractivity contribution in [3.05, 3.63) is 23.2 Å². The molecule has 7 nitrogen and oxygen atoms in total. The fourth-order valence-electron chi connectivity index (χ4n) is 2.43. The molecule has 1 aliphatic rings. The zero-order valence-electron chi connectivity index (χ0n) is 12.1. The van der Waals surface area contributed by atoms with Gasteiger partial charge in [-0.2, -0.15) is 4.31 Å². The summed E-state index contributed by atoms with van der Waals surface area (Å²) in [4.78, 5) is 11.6. The van der Waals surface area contributed by atoms with E-state index >= 15 is 0 Å². The first-order valence-corrected chi connectivity index (χ1v) is 8.56. The summed E-state index contributed by atoms with van der Waals surface area (Å²) < 4.78 is 31.5. The van der Waals surface area contributed by atoms with Crippen molar-refractivity contribution >= 4 is 27.5 Å². The second-order valence-electron chi connectivity index (χ2n) is 4.98. The number of halogens is 1. The summed E-state index contributed by atoms with van der Waals surface area (Å²) in [6.45, 7) is 0.536. The zero-order chi connectivity index (χ0) is 16.3. The Bertz CT molecular complexity index is 657. The average molecular weight is 348 g/mol. The van der Waals surface area contributed by atoms with Crippen molar-refractivity contribution in [2.75, 3.05) is 20.2 Å². The highest BCUT2D eigenvalue weighted by Crippen LogP contribution is 2.30. The number of ether oxygens (including phenoxy) is 1. The summed E-state index contributed by atoms with van der Waals surface area (Å²) in [5.74, 6) is 5.00. The summed E-state index contributed by atoms with van der Waals surface area (Å²) in [5, 5.41) is 0.237. The molecule has 1 saturated heterocycles. The summed E-state index contributed by atoms with van der Waals surface area (Å²) >= 11 is 5.98. The highest BCUT2D eigenvalue weighted by atomic mass is 35.5. The van der Waals surface area contributed by atoms with Gasteiger partial charge in [0.15, 0.2) is 0 Å². The van der Waals surface area contributed by atoms with Gasteiger partial charge in [-0.05, 0) is 31.0 Å². The third-order valence-corrected chi connectivity index (χ3v) is 5.92. The molecule has 0 aliphatic carbocycles. The lowest BCUT2D eigenvalue weighted by Gasteiger charge is -2.30. The number of carbonyl (C=O) groups is 1. The first kappa shape index (κ1) is 17.0. The van der Waals surface area contributed by atoms with Crippen molar-refractivity contribution in [3.8, 4) is 5.75 Å². The molecule has 22 heavy (non-hydrogen) atoms. The van der Waals surface area contributed by atoms with Crippen LogP contribution in [-0.4, -0.2) is 38.8 Å². The standard InChI is InChI=1S/C13H18ClN3O4S/c1-21-12-3-2-10(8-11(12)14)22(19,20)17-6-4-9(5-7-17)13(18)16-15/h2-3,8-9H,4-7,15H2,1H3,(H,16,18). The Morgan fingerprint density at radius 1 is 1.41 bits per heavy atom. The number of sulfonamides is 1. The van der Waals surface area contributed by atoms with Crippen molar-refractivity contribution in [3.63, 3.8) is 0 Å². The van der Waals surface area contributed by atoms with E-state index < -0.39 is 10.0 Å². The maximum atomic E-state index is 12.6. The molecule has 0 spiro atoms. The van der Waals surface area contributed by atoms with E-state index in [2.05, 4.69) is 5.43 Å². The molecule has 0 radical (unpaired) electrons. The second-order valence-corrected chi connectivity index (χ2v) is 7.33. The second kappa shape index (κ2) is 6.82. The normalized spacial score (nSPS) is 17.2. The average Bonchev–Trinajstić information content (AvgIpc) is 2.54. The largest absolute Gasteiger partial charge is 0.495 e. The molecule has 9 heteroatoms. The molecule has 1 heterocycles. The summed E-state index contributed by atoms with van der Waals surface area (Å²) in [7, 11) is -2.17. The van der Waals surface area contributed by atoms with Crippen molar-refractivity contribution in [2.45, 2.75) is 17.7 Å². The van der Waals surface area contributed by atoms with Crippen LogP contribution in [0.15, 0.2) is 23.1 Å². The van der Waals surface area contributed by atoms with Gasteiger partial charge in [-0.3, -0.25) is 10.2 Å². The van der Waals surface area contributed by atoms with E-state index in [1.807, 2.05) is 0 Å². The van der Waals surface area contributed by atoms with Gasteiger partial charge in [-0.25, -0.2) is 14.3 Å². The van der Waals surface area contributed by atoms with E-state index in [4.69, 9.17) is 22.2 Å². The van der Waals surface area contributed by atoms with Gasteiger partial charge in [0.25, 0.3) is 0 Å². The Labute approximate surface area is 134 Å². The Morgan fingerprint density at radius 3 is 2.55 bits per heavy atom. The Kier molecular flexibility index (Phi) is 5.28. The highest BCUT2D eigenvalue weighted by molar-refractivity contribution is 7.89. The fraction of sp³-hybridized carbons (Fsp3) is 0.462. The van der Waals surface area contributed by atoms with Crippen LogP contribution in [0.1, 0.15) is 12.8 Å². The number of nitrogens with zero attached hydrogens (tertiary/aromatic N) is 1. The number of nitrogens with two attached hydrogens (primary N) is 1. The van der Waals surface area contributed by atoms with E-state index in [0.29, 0.717) is 18.6 Å². The predicted octanol–water partition coefficient (Wildman–Crippen LogP) is 0.739. The van der Waals surface area contributed by atoms with Crippen LogP contribution in [0.2, 0.25) is 5.02 Å². The monoisotopic (exact) mass is 347 g/mol. The van der Waals surface area contributed by atoms with Crippen LogP contribution in [0, 0.1) is 5.92 Å². The molecule has 0 unspecified atom stereocenters. The molecule has 0 bridgehead atoms. The van der Waals surface area contributed by atoms with Gasteiger partial charge in [-0.15, -0.1) is 0 Å². The summed E-state index contributed by atoms with van der Waals surface area (Å²) in [5.41, 5.74) is 2.10. The van der Waals surface area contributed by atoms with E-state index in [9.17, 15) is 13.2 Å². The lowest BCUT2D eigenvalue weighted by Crippen LogP contribution is -2.44. The number of carbonyl (C=O) groups excluding carboxylic acids is 1. The molecule has 1 amide bonds. The molecule has 1 fully saturated rings. The fourth-order valence-corrected chi connectivity index (χ4v) is 4.25. The quantitative estimate of drug-likeness (QED) is 0.475. The van der Waals surface area contributed by atoms with Crippen LogP contribution in [0.5, 0.6) is 5.75 Å². The maximum Gasteiger partial charge on any atom is 0.243 e. The minimum atomic E-state index is -3.63. The van der Waals surface area contributed by atoms with Crippen LogP contribution in [0.25, 0.3) is 0 Å². The topological polar surface area (TPSA) is 102 Å². The molecule has 1 aromatic carbocycles. The van der Waals surface area contributed by atoms with Crippen molar-refractivity contribution in [1.82, 2.24) is 9.73 Å². The van der Waals surface area contributed by atoms with E-state index in [0.717, 1.165) is 0 Å². The van der Waals surface area contributed by atoms with Gasteiger partial charge < -0.3 is 4.74 Å². The summed E-state index contributed by atoms with van der Waals surface area (Å²) in [6, 6.07) is 4.34. The molecule has 0 atom stereocenters. The van der Waals surface area contributed by atoms with Crippen LogP contribution >= 0.6 is 11.6 Å². The van der Waals surface area contributed by atoms with Gasteiger partial charge in [0.1, 0.15) is 5.75 Å². The lowest BCUT2D eigenvalue weighted by atomic mass is 9.98. The van der Waals surface area contributed by atoms with Gasteiger partial charge in [0, 0.05) is 19.0 Å².